The number of ether oxygens (including phenoxy) is 1. The summed E-state index contributed by atoms with van der Waals surface area (Å²) in [6, 6.07) is 0. The Bertz CT molecular complexity index is 761. The lowest BCUT2D eigenvalue weighted by molar-refractivity contribution is -0.218. The molecule has 1 N–H and O–H groups in total. The van der Waals surface area contributed by atoms with E-state index in [9.17, 15) is 14.7 Å². The molecule has 188 valence electrons. The molecule has 4 rings (SSSR count). The molecule has 0 unspecified atom stereocenters. The van der Waals surface area contributed by atoms with Gasteiger partial charge in [0.15, 0.2) is 0 Å². The smallest absolute Gasteiger partial charge is 0.302 e. The zero-order valence-corrected chi connectivity index (χ0v) is 22.0. The third kappa shape index (κ3) is 4.21. The molecule has 0 spiro atoms. The van der Waals surface area contributed by atoms with Crippen LogP contribution in [0.4, 0.5) is 0 Å². The summed E-state index contributed by atoms with van der Waals surface area (Å²) >= 11 is 0. The number of aliphatic hydroxyl groups is 1. The average Bonchev–Trinajstić information content (AvgIpc) is 3.05. The summed E-state index contributed by atoms with van der Waals surface area (Å²) in [4.78, 5) is 25.2. The normalized spacial score (nSPS) is 45.8. The van der Waals surface area contributed by atoms with E-state index in [2.05, 4.69) is 34.6 Å². The second-order valence-corrected chi connectivity index (χ2v) is 13.3. The molecule has 0 aromatic rings. The van der Waals surface area contributed by atoms with Gasteiger partial charge < -0.3 is 9.84 Å². The van der Waals surface area contributed by atoms with E-state index >= 15 is 0 Å². The Balaban J connectivity index is 1.52. The van der Waals surface area contributed by atoms with Crippen LogP contribution in [-0.2, 0) is 14.3 Å². The molecular weight excluding hydrogens is 412 g/mol. The largest absolute Gasteiger partial charge is 0.462 e. The third-order valence-corrected chi connectivity index (χ3v) is 11.1. The van der Waals surface area contributed by atoms with E-state index in [-0.39, 0.29) is 46.9 Å². The highest BCUT2D eigenvalue weighted by Crippen LogP contribution is 2.68. The lowest BCUT2D eigenvalue weighted by Crippen LogP contribution is -2.65. The van der Waals surface area contributed by atoms with Gasteiger partial charge in [-0.2, -0.15) is 0 Å². The van der Waals surface area contributed by atoms with Crippen molar-refractivity contribution in [3.05, 3.63) is 0 Å². The van der Waals surface area contributed by atoms with E-state index in [0.29, 0.717) is 12.3 Å². The van der Waals surface area contributed by atoms with E-state index in [1.54, 1.807) is 0 Å². The Morgan fingerprint density at radius 1 is 1.06 bits per heavy atom. The van der Waals surface area contributed by atoms with Gasteiger partial charge in [0, 0.05) is 31.1 Å². The Kier molecular flexibility index (Phi) is 6.84. The molecule has 0 radical (unpaired) electrons. The lowest BCUT2D eigenvalue weighted by atomic mass is 9.42. The topological polar surface area (TPSA) is 63.6 Å². The Labute approximate surface area is 201 Å². The number of carbonyl (C=O) groups is 2. The Morgan fingerprint density at radius 2 is 1.79 bits per heavy atom. The fraction of sp³-hybridized carbons (Fsp3) is 0.931. The second-order valence-electron chi connectivity index (χ2n) is 13.3. The van der Waals surface area contributed by atoms with E-state index in [0.717, 1.165) is 37.0 Å². The predicted octanol–water partition coefficient (Wildman–Crippen LogP) is 6.33. The van der Waals surface area contributed by atoms with Crippen LogP contribution in [0.1, 0.15) is 112 Å². The number of rotatable bonds is 6. The molecule has 0 aliphatic heterocycles. The maximum atomic E-state index is 13.7. The van der Waals surface area contributed by atoms with Gasteiger partial charge in [0.25, 0.3) is 0 Å². The second kappa shape index (κ2) is 8.95. The average molecular weight is 461 g/mol. The molecule has 4 fully saturated rings. The molecule has 0 aromatic carbocycles. The van der Waals surface area contributed by atoms with E-state index < -0.39 is 5.60 Å². The van der Waals surface area contributed by atoms with Gasteiger partial charge in [0.2, 0.25) is 0 Å². The highest BCUT2D eigenvalue weighted by atomic mass is 16.5. The number of ketones is 1. The molecule has 4 aliphatic rings. The van der Waals surface area contributed by atoms with Crippen molar-refractivity contribution in [2.75, 3.05) is 0 Å². The SMILES string of the molecule is CC(=O)O[C@H]1CC[C@]2(C)[C@H]3CC[C@]4(C)[C@@H]([C@H](C)CCCC(C)C)CC[C@H]4[C@@H]3C(=O)C[C@@]2(O)C1. The summed E-state index contributed by atoms with van der Waals surface area (Å²) in [6.45, 7) is 13.3. The molecule has 0 aromatic heterocycles. The summed E-state index contributed by atoms with van der Waals surface area (Å²) < 4.78 is 5.48. The van der Waals surface area contributed by atoms with Gasteiger partial charge >= 0.3 is 5.97 Å². The van der Waals surface area contributed by atoms with Crippen LogP contribution in [0, 0.1) is 46.3 Å². The van der Waals surface area contributed by atoms with Gasteiger partial charge in [0.1, 0.15) is 11.9 Å². The highest BCUT2D eigenvalue weighted by molar-refractivity contribution is 5.84. The van der Waals surface area contributed by atoms with Gasteiger partial charge in [0.05, 0.1) is 5.60 Å². The van der Waals surface area contributed by atoms with Crippen molar-refractivity contribution in [3.8, 4) is 0 Å². The van der Waals surface area contributed by atoms with Crippen LogP contribution in [0.3, 0.4) is 0 Å². The number of carbonyl (C=O) groups excluding carboxylic acids is 2. The van der Waals surface area contributed by atoms with Crippen molar-refractivity contribution >= 4 is 11.8 Å². The first kappa shape index (κ1) is 25.2. The number of hydrogen-bond acceptors (Lipinski definition) is 4. The van der Waals surface area contributed by atoms with Crippen molar-refractivity contribution < 1.29 is 19.4 Å². The first-order chi connectivity index (χ1) is 15.4. The maximum absolute atomic E-state index is 13.7. The van der Waals surface area contributed by atoms with Crippen LogP contribution in [-0.4, -0.2) is 28.6 Å². The number of esters is 1. The quantitative estimate of drug-likeness (QED) is 0.470. The Morgan fingerprint density at radius 3 is 2.45 bits per heavy atom. The van der Waals surface area contributed by atoms with Crippen molar-refractivity contribution in [2.45, 2.75) is 124 Å². The van der Waals surface area contributed by atoms with E-state index in [1.165, 1.54) is 45.4 Å². The maximum Gasteiger partial charge on any atom is 0.302 e. The molecule has 4 heteroatoms. The minimum absolute atomic E-state index is 0.104. The molecule has 4 saturated carbocycles. The zero-order chi connectivity index (χ0) is 24.2. The fourth-order valence-electron chi connectivity index (χ4n) is 9.28. The van der Waals surface area contributed by atoms with Crippen LogP contribution in [0.25, 0.3) is 0 Å². The molecule has 0 heterocycles. The molecule has 9 atom stereocenters. The van der Waals surface area contributed by atoms with Crippen molar-refractivity contribution in [1.82, 2.24) is 0 Å². The van der Waals surface area contributed by atoms with Crippen molar-refractivity contribution in [2.24, 2.45) is 46.3 Å². The van der Waals surface area contributed by atoms with Gasteiger partial charge in [-0.1, -0.05) is 53.9 Å². The van der Waals surface area contributed by atoms with Crippen molar-refractivity contribution in [3.63, 3.8) is 0 Å². The van der Waals surface area contributed by atoms with Crippen molar-refractivity contribution in [1.29, 1.82) is 0 Å². The van der Waals surface area contributed by atoms with Crippen LogP contribution < -0.4 is 0 Å². The fourth-order valence-corrected chi connectivity index (χ4v) is 9.28. The minimum atomic E-state index is -1.04. The first-order valence-corrected chi connectivity index (χ1v) is 13.8. The highest BCUT2D eigenvalue weighted by Gasteiger charge is 2.67. The van der Waals surface area contributed by atoms with Crippen LogP contribution in [0.2, 0.25) is 0 Å². The number of fused-ring (bicyclic) bond motifs is 5. The van der Waals surface area contributed by atoms with Crippen LogP contribution >= 0.6 is 0 Å². The summed E-state index contributed by atoms with van der Waals surface area (Å²) in [7, 11) is 0. The molecule has 4 aliphatic carbocycles. The predicted molar refractivity (Wildman–Crippen MR) is 130 cm³/mol. The minimum Gasteiger partial charge on any atom is -0.462 e. The van der Waals surface area contributed by atoms with Crippen LogP contribution in [0.15, 0.2) is 0 Å². The molecule has 0 bridgehead atoms. The van der Waals surface area contributed by atoms with Gasteiger partial charge in [-0.3, -0.25) is 9.59 Å². The van der Waals surface area contributed by atoms with Gasteiger partial charge in [-0.05, 0) is 73.5 Å². The van der Waals surface area contributed by atoms with E-state index in [1.807, 2.05) is 0 Å². The summed E-state index contributed by atoms with van der Waals surface area (Å²) in [5.74, 6) is 3.04. The monoisotopic (exact) mass is 460 g/mol. The molecule has 33 heavy (non-hydrogen) atoms. The zero-order valence-electron chi connectivity index (χ0n) is 22.0. The summed E-state index contributed by atoms with van der Waals surface area (Å²) in [5.41, 5.74) is -1.04. The standard InChI is InChI=1S/C29H48O4/c1-18(2)8-7-9-19(3)22-10-11-23-26-24(13-14-27(22,23)5)28(6)15-12-21(33-20(4)30)16-29(28,32)17-25(26)31/h18-19,21-24,26,32H,7-17H2,1-6H3/t19-,21+,22-,23+,24+,26+,27-,28-,29+/m1/s1. The van der Waals surface area contributed by atoms with Crippen LogP contribution in [0.5, 0.6) is 0 Å². The van der Waals surface area contributed by atoms with Gasteiger partial charge in [-0.25, -0.2) is 0 Å². The third-order valence-electron chi connectivity index (χ3n) is 11.1. The molecule has 4 nitrogen and oxygen atoms in total. The number of hydrogen-bond donors (Lipinski definition) is 1. The molecule has 0 saturated heterocycles. The van der Waals surface area contributed by atoms with E-state index in [4.69, 9.17) is 4.74 Å². The summed E-state index contributed by atoms with van der Waals surface area (Å²) in [5, 5.41) is 11.8. The summed E-state index contributed by atoms with van der Waals surface area (Å²) in [6.07, 6.45) is 10.6. The first-order valence-electron chi connectivity index (χ1n) is 13.8. The Hall–Kier alpha value is -0.900. The number of Topliss-reactive ketones (excluding diaryl/α,β-unsaturated/α-hetero) is 1. The molecule has 0 amide bonds. The van der Waals surface area contributed by atoms with Gasteiger partial charge in [-0.15, -0.1) is 0 Å². The molecular formula is C29H48O4. The lowest BCUT2D eigenvalue weighted by Gasteiger charge is -2.63.